The number of rotatable bonds is 4. The van der Waals surface area contributed by atoms with E-state index in [1.165, 1.54) is 0 Å². The van der Waals surface area contributed by atoms with Crippen molar-refractivity contribution in [3.63, 3.8) is 0 Å². The van der Waals surface area contributed by atoms with Crippen LogP contribution in [0.15, 0.2) is 36.8 Å². The Bertz CT molecular complexity index is 583. The van der Waals surface area contributed by atoms with Crippen LogP contribution in [0.5, 0.6) is 0 Å². The molecule has 98 valence electrons. The average Bonchev–Trinajstić information content (AvgIpc) is 2.46. The van der Waals surface area contributed by atoms with E-state index < -0.39 is 0 Å². The molecule has 0 saturated heterocycles. The largest absolute Gasteiger partial charge is 0.372 e. The maximum absolute atomic E-state index is 12.1. The SMILES string of the molecule is CNc1ncccc1C(=O)NCc1ccncc1C. The number of pyridine rings is 2. The van der Waals surface area contributed by atoms with Gasteiger partial charge in [-0.1, -0.05) is 0 Å². The monoisotopic (exact) mass is 256 g/mol. The topological polar surface area (TPSA) is 66.9 Å². The number of hydrogen-bond donors (Lipinski definition) is 2. The Morgan fingerprint density at radius 3 is 2.89 bits per heavy atom. The Labute approximate surface area is 112 Å². The van der Waals surface area contributed by atoms with E-state index in [9.17, 15) is 4.79 Å². The molecule has 0 aliphatic carbocycles. The quantitative estimate of drug-likeness (QED) is 0.874. The fourth-order valence-corrected chi connectivity index (χ4v) is 1.76. The summed E-state index contributed by atoms with van der Waals surface area (Å²) in [6.07, 6.45) is 5.15. The highest BCUT2D eigenvalue weighted by Gasteiger charge is 2.11. The van der Waals surface area contributed by atoms with Crippen molar-refractivity contribution in [2.45, 2.75) is 13.5 Å². The molecule has 0 atom stereocenters. The van der Waals surface area contributed by atoms with Gasteiger partial charge >= 0.3 is 0 Å². The van der Waals surface area contributed by atoms with Crippen molar-refractivity contribution in [1.82, 2.24) is 15.3 Å². The fourth-order valence-electron chi connectivity index (χ4n) is 1.76. The first-order valence-corrected chi connectivity index (χ1v) is 6.03. The zero-order valence-electron chi connectivity index (χ0n) is 11.0. The molecule has 1 amide bonds. The smallest absolute Gasteiger partial charge is 0.255 e. The first kappa shape index (κ1) is 13.0. The van der Waals surface area contributed by atoms with E-state index in [1.807, 2.05) is 13.0 Å². The highest BCUT2D eigenvalue weighted by Crippen LogP contribution is 2.11. The number of aryl methyl sites for hydroxylation is 1. The molecule has 0 bridgehead atoms. The number of amides is 1. The molecule has 5 heteroatoms. The minimum absolute atomic E-state index is 0.145. The number of hydrogen-bond acceptors (Lipinski definition) is 4. The van der Waals surface area contributed by atoms with E-state index >= 15 is 0 Å². The lowest BCUT2D eigenvalue weighted by Gasteiger charge is -2.09. The van der Waals surface area contributed by atoms with Crippen molar-refractivity contribution < 1.29 is 4.79 Å². The molecular formula is C14H16N4O. The molecule has 0 aromatic carbocycles. The standard InChI is InChI=1S/C14H16N4O/c1-10-8-16-7-5-11(10)9-18-14(19)12-4-3-6-17-13(12)15-2/h3-8H,9H2,1-2H3,(H,15,17)(H,18,19). The summed E-state index contributed by atoms with van der Waals surface area (Å²) in [6.45, 7) is 2.45. The highest BCUT2D eigenvalue weighted by molar-refractivity contribution is 5.98. The van der Waals surface area contributed by atoms with Crippen LogP contribution < -0.4 is 10.6 Å². The predicted molar refractivity (Wildman–Crippen MR) is 73.9 cm³/mol. The molecule has 2 aromatic heterocycles. The van der Waals surface area contributed by atoms with E-state index in [1.54, 1.807) is 37.8 Å². The second kappa shape index (κ2) is 5.95. The van der Waals surface area contributed by atoms with Gasteiger partial charge in [-0.25, -0.2) is 4.98 Å². The minimum Gasteiger partial charge on any atom is -0.372 e. The van der Waals surface area contributed by atoms with Crippen molar-refractivity contribution in [3.8, 4) is 0 Å². The Balaban J connectivity index is 2.08. The van der Waals surface area contributed by atoms with Gasteiger partial charge in [0.25, 0.3) is 5.91 Å². The maximum Gasteiger partial charge on any atom is 0.255 e. The van der Waals surface area contributed by atoms with Gasteiger partial charge < -0.3 is 10.6 Å². The molecular weight excluding hydrogens is 240 g/mol. The molecule has 0 aliphatic heterocycles. The minimum atomic E-state index is -0.145. The Kier molecular flexibility index (Phi) is 4.07. The molecule has 2 heterocycles. The highest BCUT2D eigenvalue weighted by atomic mass is 16.1. The van der Waals surface area contributed by atoms with E-state index in [0.717, 1.165) is 11.1 Å². The van der Waals surface area contributed by atoms with Gasteiger partial charge in [-0.3, -0.25) is 9.78 Å². The Morgan fingerprint density at radius 2 is 2.16 bits per heavy atom. The third kappa shape index (κ3) is 3.07. The lowest BCUT2D eigenvalue weighted by Crippen LogP contribution is -2.24. The maximum atomic E-state index is 12.1. The molecule has 2 N–H and O–H groups in total. The number of carbonyl (C=O) groups excluding carboxylic acids is 1. The van der Waals surface area contributed by atoms with Crippen LogP contribution in [0.3, 0.4) is 0 Å². The molecule has 0 saturated carbocycles. The van der Waals surface area contributed by atoms with Gasteiger partial charge in [0.15, 0.2) is 0 Å². The van der Waals surface area contributed by atoms with Crippen molar-refractivity contribution in [1.29, 1.82) is 0 Å². The van der Waals surface area contributed by atoms with Crippen LogP contribution >= 0.6 is 0 Å². The first-order valence-electron chi connectivity index (χ1n) is 6.03. The Morgan fingerprint density at radius 1 is 1.32 bits per heavy atom. The van der Waals surface area contributed by atoms with Crippen molar-refractivity contribution >= 4 is 11.7 Å². The number of nitrogens with zero attached hydrogens (tertiary/aromatic N) is 2. The summed E-state index contributed by atoms with van der Waals surface area (Å²) in [6, 6.07) is 5.39. The van der Waals surface area contributed by atoms with Crippen LogP contribution in [-0.2, 0) is 6.54 Å². The van der Waals surface area contributed by atoms with Crippen LogP contribution in [0.4, 0.5) is 5.82 Å². The van der Waals surface area contributed by atoms with Crippen molar-refractivity contribution in [2.75, 3.05) is 12.4 Å². The van der Waals surface area contributed by atoms with Crippen molar-refractivity contribution in [2.24, 2.45) is 0 Å². The fraction of sp³-hybridized carbons (Fsp3) is 0.214. The molecule has 19 heavy (non-hydrogen) atoms. The van der Waals surface area contributed by atoms with E-state index in [2.05, 4.69) is 20.6 Å². The first-order chi connectivity index (χ1) is 9.22. The van der Waals surface area contributed by atoms with Gasteiger partial charge in [-0.15, -0.1) is 0 Å². The summed E-state index contributed by atoms with van der Waals surface area (Å²) in [7, 11) is 1.74. The number of aromatic nitrogens is 2. The average molecular weight is 256 g/mol. The summed E-state index contributed by atoms with van der Waals surface area (Å²) in [5.74, 6) is 0.431. The summed E-state index contributed by atoms with van der Waals surface area (Å²) in [4.78, 5) is 20.2. The molecule has 0 aliphatic rings. The van der Waals surface area contributed by atoms with Gasteiger partial charge in [0, 0.05) is 32.2 Å². The van der Waals surface area contributed by atoms with Crippen LogP contribution in [0.2, 0.25) is 0 Å². The van der Waals surface area contributed by atoms with Crippen molar-refractivity contribution in [3.05, 3.63) is 53.5 Å². The summed E-state index contributed by atoms with van der Waals surface area (Å²) >= 11 is 0. The number of anilines is 1. The lowest BCUT2D eigenvalue weighted by molar-refractivity contribution is 0.0951. The second-order valence-electron chi connectivity index (χ2n) is 4.13. The van der Waals surface area contributed by atoms with Gasteiger partial charge in [-0.2, -0.15) is 0 Å². The third-order valence-corrected chi connectivity index (χ3v) is 2.87. The van der Waals surface area contributed by atoms with Gasteiger partial charge in [0.1, 0.15) is 5.82 Å². The van der Waals surface area contributed by atoms with E-state index in [0.29, 0.717) is 17.9 Å². The summed E-state index contributed by atoms with van der Waals surface area (Å²) < 4.78 is 0. The molecule has 0 unspecified atom stereocenters. The zero-order chi connectivity index (χ0) is 13.7. The molecule has 0 radical (unpaired) electrons. The summed E-state index contributed by atoms with van der Waals surface area (Å²) in [5.41, 5.74) is 2.65. The van der Waals surface area contributed by atoms with Crippen LogP contribution in [0.1, 0.15) is 21.5 Å². The molecule has 0 spiro atoms. The Hall–Kier alpha value is -2.43. The molecule has 5 nitrogen and oxygen atoms in total. The second-order valence-corrected chi connectivity index (χ2v) is 4.13. The molecule has 0 fully saturated rings. The zero-order valence-corrected chi connectivity index (χ0v) is 11.0. The van der Waals surface area contributed by atoms with E-state index in [4.69, 9.17) is 0 Å². The summed E-state index contributed by atoms with van der Waals surface area (Å²) in [5, 5.41) is 5.79. The molecule has 2 aromatic rings. The number of nitrogens with one attached hydrogen (secondary N) is 2. The number of carbonyl (C=O) groups is 1. The van der Waals surface area contributed by atoms with Gasteiger partial charge in [-0.05, 0) is 36.2 Å². The molecule has 2 rings (SSSR count). The normalized spacial score (nSPS) is 10.0. The third-order valence-electron chi connectivity index (χ3n) is 2.87. The predicted octanol–water partition coefficient (Wildman–Crippen LogP) is 1.76. The van der Waals surface area contributed by atoms with Crippen LogP contribution in [0.25, 0.3) is 0 Å². The van der Waals surface area contributed by atoms with Gasteiger partial charge in [0.2, 0.25) is 0 Å². The van der Waals surface area contributed by atoms with Gasteiger partial charge in [0.05, 0.1) is 5.56 Å². The van der Waals surface area contributed by atoms with Crippen LogP contribution in [0, 0.1) is 6.92 Å². The van der Waals surface area contributed by atoms with Crippen LogP contribution in [-0.4, -0.2) is 22.9 Å². The lowest BCUT2D eigenvalue weighted by atomic mass is 10.1. The van der Waals surface area contributed by atoms with E-state index in [-0.39, 0.29) is 5.91 Å².